The Morgan fingerprint density at radius 2 is 1.95 bits per heavy atom. The van der Waals surface area contributed by atoms with Crippen LogP contribution in [0.2, 0.25) is 5.02 Å². The summed E-state index contributed by atoms with van der Waals surface area (Å²) in [5.41, 5.74) is 2.10. The minimum atomic E-state index is 0.0460. The lowest BCUT2D eigenvalue weighted by atomic mass is 10.1. The quantitative estimate of drug-likeness (QED) is 0.757. The van der Waals surface area contributed by atoms with Gasteiger partial charge in [0.1, 0.15) is 0 Å². The Morgan fingerprint density at radius 1 is 1.19 bits per heavy atom. The van der Waals surface area contributed by atoms with Crippen LogP contribution in [0.25, 0.3) is 0 Å². The van der Waals surface area contributed by atoms with Crippen molar-refractivity contribution >= 4 is 35.0 Å². The van der Waals surface area contributed by atoms with Gasteiger partial charge >= 0.3 is 0 Å². The Hall–Kier alpha value is -1.45. The van der Waals surface area contributed by atoms with Crippen LogP contribution < -0.4 is 5.32 Å². The van der Waals surface area contributed by atoms with Crippen molar-refractivity contribution in [3.63, 3.8) is 0 Å². The molecule has 110 valence electrons. The number of hydrogen-bond acceptors (Lipinski definition) is 2. The molecule has 21 heavy (non-hydrogen) atoms. The van der Waals surface area contributed by atoms with Gasteiger partial charge in [-0.05, 0) is 48.4 Å². The van der Waals surface area contributed by atoms with E-state index in [1.54, 1.807) is 11.8 Å². The van der Waals surface area contributed by atoms with E-state index in [1.165, 1.54) is 5.56 Å². The lowest BCUT2D eigenvalue weighted by molar-refractivity contribution is -0.115. The summed E-state index contributed by atoms with van der Waals surface area (Å²) in [6, 6.07) is 15.6. The zero-order valence-electron chi connectivity index (χ0n) is 11.9. The van der Waals surface area contributed by atoms with E-state index in [9.17, 15) is 4.79 Å². The Morgan fingerprint density at radius 3 is 2.67 bits per heavy atom. The molecule has 2 nitrogen and oxygen atoms in total. The summed E-state index contributed by atoms with van der Waals surface area (Å²) in [5.74, 6) is 0.797. The summed E-state index contributed by atoms with van der Waals surface area (Å²) in [4.78, 5) is 13.0. The van der Waals surface area contributed by atoms with E-state index in [0.717, 1.165) is 27.8 Å². The van der Waals surface area contributed by atoms with Crippen molar-refractivity contribution in [2.45, 2.75) is 24.7 Å². The molecule has 0 atom stereocenters. The molecule has 2 aromatic carbocycles. The summed E-state index contributed by atoms with van der Waals surface area (Å²) >= 11 is 7.49. The molecule has 2 aromatic rings. The fourth-order valence-corrected chi connectivity index (χ4v) is 2.86. The van der Waals surface area contributed by atoms with Crippen molar-refractivity contribution < 1.29 is 4.79 Å². The second-order valence-electron chi connectivity index (χ2n) is 4.65. The molecule has 0 bridgehead atoms. The summed E-state index contributed by atoms with van der Waals surface area (Å²) in [6.07, 6.45) is 1.46. The highest BCUT2D eigenvalue weighted by molar-refractivity contribution is 7.99. The number of hydrogen-bond donors (Lipinski definition) is 1. The first-order chi connectivity index (χ1) is 10.2. The van der Waals surface area contributed by atoms with Gasteiger partial charge in [-0.1, -0.05) is 30.7 Å². The third-order valence-electron chi connectivity index (χ3n) is 3.03. The minimum Gasteiger partial charge on any atom is -0.326 e. The van der Waals surface area contributed by atoms with Crippen molar-refractivity contribution in [3.8, 4) is 0 Å². The maximum absolute atomic E-state index is 11.9. The lowest BCUT2D eigenvalue weighted by Crippen LogP contribution is -2.12. The van der Waals surface area contributed by atoms with E-state index in [1.807, 2.05) is 42.5 Å². The number of benzene rings is 2. The molecule has 0 radical (unpaired) electrons. The molecule has 2 rings (SSSR count). The molecule has 0 aromatic heterocycles. The van der Waals surface area contributed by atoms with Crippen molar-refractivity contribution in [3.05, 3.63) is 59.1 Å². The van der Waals surface area contributed by atoms with Gasteiger partial charge in [-0.2, -0.15) is 0 Å². The first-order valence-electron chi connectivity index (χ1n) is 6.94. The normalized spacial score (nSPS) is 10.4. The lowest BCUT2D eigenvalue weighted by Gasteiger charge is -2.07. The van der Waals surface area contributed by atoms with Crippen molar-refractivity contribution in [1.82, 2.24) is 0 Å². The third kappa shape index (κ3) is 5.44. The number of anilines is 1. The molecule has 0 spiro atoms. The molecule has 0 heterocycles. The average Bonchev–Trinajstić information content (AvgIpc) is 2.49. The molecule has 0 aliphatic carbocycles. The van der Waals surface area contributed by atoms with Gasteiger partial charge in [0.05, 0.1) is 0 Å². The van der Waals surface area contributed by atoms with Crippen molar-refractivity contribution in [1.29, 1.82) is 0 Å². The number of amides is 1. The van der Waals surface area contributed by atoms with E-state index in [2.05, 4.69) is 18.3 Å². The summed E-state index contributed by atoms with van der Waals surface area (Å²) in [6.45, 7) is 2.10. The Kier molecular flexibility index (Phi) is 6.15. The van der Waals surface area contributed by atoms with Gasteiger partial charge in [0.2, 0.25) is 5.91 Å². The zero-order valence-corrected chi connectivity index (χ0v) is 13.5. The Balaban J connectivity index is 1.78. The van der Waals surface area contributed by atoms with Gasteiger partial charge in [-0.15, -0.1) is 11.8 Å². The maximum atomic E-state index is 11.9. The molecule has 1 amide bonds. The minimum absolute atomic E-state index is 0.0460. The molecule has 0 saturated carbocycles. The topological polar surface area (TPSA) is 29.1 Å². The van der Waals surface area contributed by atoms with E-state index < -0.39 is 0 Å². The summed E-state index contributed by atoms with van der Waals surface area (Å²) < 4.78 is 0. The number of aryl methyl sites for hydroxylation is 1. The van der Waals surface area contributed by atoms with Gasteiger partial charge < -0.3 is 5.32 Å². The molecule has 0 unspecified atom stereocenters. The number of rotatable bonds is 6. The van der Waals surface area contributed by atoms with Crippen molar-refractivity contribution in [2.75, 3.05) is 11.1 Å². The largest absolute Gasteiger partial charge is 0.326 e. The van der Waals surface area contributed by atoms with Crippen LogP contribution in [0.3, 0.4) is 0 Å². The monoisotopic (exact) mass is 319 g/mol. The van der Waals surface area contributed by atoms with Crippen LogP contribution in [0.4, 0.5) is 5.69 Å². The summed E-state index contributed by atoms with van der Waals surface area (Å²) in [7, 11) is 0. The first kappa shape index (κ1) is 15.9. The second-order valence-corrected chi connectivity index (χ2v) is 6.26. The van der Waals surface area contributed by atoms with E-state index in [4.69, 9.17) is 11.6 Å². The molecule has 4 heteroatoms. The highest BCUT2D eigenvalue weighted by Gasteiger charge is 2.03. The van der Waals surface area contributed by atoms with Crippen LogP contribution in [-0.4, -0.2) is 11.7 Å². The molecule has 0 aliphatic rings. The van der Waals surface area contributed by atoms with E-state index >= 15 is 0 Å². The fraction of sp³-hybridized carbons (Fsp3) is 0.235. The third-order valence-corrected chi connectivity index (χ3v) is 4.30. The smallest absolute Gasteiger partial charge is 0.225 e. The summed E-state index contributed by atoms with van der Waals surface area (Å²) in [5, 5.41) is 3.67. The predicted octanol–water partition coefficient (Wildman–Crippen LogP) is 5.02. The molecular formula is C17H18ClNOS. The fourth-order valence-electron chi connectivity index (χ4n) is 1.88. The highest BCUT2D eigenvalue weighted by Crippen LogP contribution is 2.21. The zero-order chi connectivity index (χ0) is 15.1. The standard InChI is InChI=1S/C17H18ClNOS/c1-2-13-4-3-5-15(12-13)19-17(20)10-11-21-16-8-6-14(18)7-9-16/h3-9,12H,2,10-11H2,1H3,(H,19,20). The average molecular weight is 320 g/mol. The number of thioether (sulfide) groups is 1. The predicted molar refractivity (Wildman–Crippen MR) is 91.2 cm³/mol. The molecule has 0 fully saturated rings. The molecular weight excluding hydrogens is 302 g/mol. The van der Waals surface area contributed by atoms with Gasteiger partial charge in [-0.25, -0.2) is 0 Å². The Bertz CT molecular complexity index is 598. The van der Waals surface area contributed by atoms with Crippen LogP contribution in [0.5, 0.6) is 0 Å². The van der Waals surface area contributed by atoms with Crippen LogP contribution in [-0.2, 0) is 11.2 Å². The number of carbonyl (C=O) groups is 1. The van der Waals surface area contributed by atoms with E-state index in [0.29, 0.717) is 6.42 Å². The van der Waals surface area contributed by atoms with Crippen LogP contribution >= 0.6 is 23.4 Å². The number of nitrogens with one attached hydrogen (secondary N) is 1. The molecule has 0 aliphatic heterocycles. The van der Waals surface area contributed by atoms with Gasteiger partial charge in [0, 0.05) is 27.8 Å². The van der Waals surface area contributed by atoms with Crippen LogP contribution in [0, 0.1) is 0 Å². The molecule has 0 saturated heterocycles. The Labute approximate surface area is 134 Å². The number of carbonyl (C=O) groups excluding carboxylic acids is 1. The van der Waals surface area contributed by atoms with E-state index in [-0.39, 0.29) is 5.91 Å². The first-order valence-corrected chi connectivity index (χ1v) is 8.31. The van der Waals surface area contributed by atoms with Gasteiger partial charge in [0.15, 0.2) is 0 Å². The van der Waals surface area contributed by atoms with Crippen LogP contribution in [0.15, 0.2) is 53.4 Å². The van der Waals surface area contributed by atoms with Gasteiger partial charge in [-0.3, -0.25) is 4.79 Å². The number of halogens is 1. The maximum Gasteiger partial charge on any atom is 0.225 e. The van der Waals surface area contributed by atoms with Crippen LogP contribution in [0.1, 0.15) is 18.9 Å². The second kappa shape index (κ2) is 8.11. The molecule has 1 N–H and O–H groups in total. The highest BCUT2D eigenvalue weighted by atomic mass is 35.5. The van der Waals surface area contributed by atoms with Crippen molar-refractivity contribution in [2.24, 2.45) is 0 Å². The SMILES string of the molecule is CCc1cccc(NC(=O)CCSc2ccc(Cl)cc2)c1. The van der Waals surface area contributed by atoms with Gasteiger partial charge in [0.25, 0.3) is 0 Å².